The molecule has 0 unspecified atom stereocenters. The molecule has 2 aromatic rings. The SMILES string of the molecule is Cc1cc(NN=C(C#N)C#N)ccc1NC(=O)c1ccco1. The molecule has 0 fully saturated rings. The molecule has 2 rings (SSSR count). The van der Waals surface area contributed by atoms with Gasteiger partial charge in [0.05, 0.1) is 12.0 Å². The van der Waals surface area contributed by atoms with E-state index in [-0.39, 0.29) is 17.4 Å². The summed E-state index contributed by atoms with van der Waals surface area (Å²) in [4.78, 5) is 11.9. The van der Waals surface area contributed by atoms with Crippen molar-refractivity contribution in [3.05, 3.63) is 47.9 Å². The highest BCUT2D eigenvalue weighted by molar-refractivity contribution is 6.10. The van der Waals surface area contributed by atoms with Crippen molar-refractivity contribution in [2.75, 3.05) is 10.7 Å². The number of hydrogen-bond donors (Lipinski definition) is 2. The van der Waals surface area contributed by atoms with Gasteiger partial charge in [-0.05, 0) is 42.8 Å². The molecule has 0 radical (unpaired) electrons. The molecule has 1 heterocycles. The Labute approximate surface area is 126 Å². The van der Waals surface area contributed by atoms with Gasteiger partial charge in [0.2, 0.25) is 5.71 Å². The Morgan fingerprint density at radius 2 is 2.05 bits per heavy atom. The molecule has 2 N–H and O–H groups in total. The zero-order chi connectivity index (χ0) is 15.9. The van der Waals surface area contributed by atoms with Crippen LogP contribution >= 0.6 is 0 Å². The minimum Gasteiger partial charge on any atom is -0.459 e. The van der Waals surface area contributed by atoms with E-state index < -0.39 is 0 Å². The summed E-state index contributed by atoms with van der Waals surface area (Å²) in [5.74, 6) is -0.123. The molecule has 0 bridgehead atoms. The minimum atomic E-state index is -0.344. The lowest BCUT2D eigenvalue weighted by atomic mass is 10.1. The van der Waals surface area contributed by atoms with Gasteiger partial charge in [0, 0.05) is 5.69 Å². The van der Waals surface area contributed by atoms with Crippen LogP contribution in [0, 0.1) is 29.6 Å². The monoisotopic (exact) mass is 293 g/mol. The van der Waals surface area contributed by atoms with Crippen LogP contribution in [0.3, 0.4) is 0 Å². The van der Waals surface area contributed by atoms with Crippen LogP contribution in [0.2, 0.25) is 0 Å². The molecule has 0 saturated carbocycles. The van der Waals surface area contributed by atoms with E-state index >= 15 is 0 Å². The molecule has 108 valence electrons. The fourth-order valence-electron chi connectivity index (χ4n) is 1.66. The van der Waals surface area contributed by atoms with Gasteiger partial charge >= 0.3 is 0 Å². The number of rotatable bonds is 4. The molecule has 0 atom stereocenters. The van der Waals surface area contributed by atoms with Crippen LogP contribution in [-0.2, 0) is 0 Å². The lowest BCUT2D eigenvalue weighted by molar-refractivity contribution is 0.0996. The van der Waals surface area contributed by atoms with Crippen LogP contribution in [0.4, 0.5) is 11.4 Å². The minimum absolute atomic E-state index is 0.221. The molecule has 1 aromatic heterocycles. The fourth-order valence-corrected chi connectivity index (χ4v) is 1.66. The van der Waals surface area contributed by atoms with Gasteiger partial charge in [-0.1, -0.05) is 0 Å². The Morgan fingerprint density at radius 3 is 2.64 bits per heavy atom. The molecule has 0 spiro atoms. The van der Waals surface area contributed by atoms with Gasteiger partial charge in [-0.3, -0.25) is 10.2 Å². The van der Waals surface area contributed by atoms with Gasteiger partial charge < -0.3 is 9.73 Å². The first kappa shape index (κ1) is 14.8. The predicted molar refractivity (Wildman–Crippen MR) is 80.1 cm³/mol. The van der Waals surface area contributed by atoms with Crippen molar-refractivity contribution in [1.29, 1.82) is 10.5 Å². The third kappa shape index (κ3) is 3.50. The van der Waals surface area contributed by atoms with Crippen LogP contribution in [0.25, 0.3) is 0 Å². The quantitative estimate of drug-likeness (QED) is 0.664. The van der Waals surface area contributed by atoms with E-state index in [9.17, 15) is 4.79 Å². The summed E-state index contributed by atoms with van der Waals surface area (Å²) in [6, 6.07) is 11.6. The number of benzene rings is 1. The Morgan fingerprint density at radius 1 is 1.27 bits per heavy atom. The molecular formula is C15H11N5O2. The van der Waals surface area contributed by atoms with E-state index in [2.05, 4.69) is 15.8 Å². The van der Waals surface area contributed by atoms with Gasteiger partial charge in [0.25, 0.3) is 5.91 Å². The Bertz CT molecular complexity index is 778. The zero-order valence-corrected chi connectivity index (χ0v) is 11.6. The van der Waals surface area contributed by atoms with Crippen LogP contribution in [0.1, 0.15) is 16.1 Å². The number of carbonyl (C=O) groups excluding carboxylic acids is 1. The highest BCUT2D eigenvalue weighted by Crippen LogP contribution is 2.20. The summed E-state index contributed by atoms with van der Waals surface area (Å²) in [6.07, 6.45) is 1.43. The van der Waals surface area contributed by atoms with E-state index in [0.29, 0.717) is 11.4 Å². The number of nitrogens with one attached hydrogen (secondary N) is 2. The second-order valence-electron chi connectivity index (χ2n) is 4.26. The molecule has 22 heavy (non-hydrogen) atoms. The van der Waals surface area contributed by atoms with Crippen molar-refractivity contribution in [2.24, 2.45) is 5.10 Å². The summed E-state index contributed by atoms with van der Waals surface area (Å²) in [6.45, 7) is 1.81. The van der Waals surface area contributed by atoms with Gasteiger partial charge in [0.15, 0.2) is 5.76 Å². The number of furan rings is 1. The zero-order valence-electron chi connectivity index (χ0n) is 11.6. The Hall–Kier alpha value is -3.58. The molecule has 0 saturated heterocycles. The van der Waals surface area contributed by atoms with E-state index in [1.807, 2.05) is 6.92 Å². The lowest BCUT2D eigenvalue weighted by Crippen LogP contribution is -2.11. The third-order valence-corrected chi connectivity index (χ3v) is 2.73. The third-order valence-electron chi connectivity index (χ3n) is 2.73. The van der Waals surface area contributed by atoms with Gasteiger partial charge in [-0.15, -0.1) is 0 Å². The van der Waals surface area contributed by atoms with Crippen LogP contribution < -0.4 is 10.7 Å². The van der Waals surface area contributed by atoms with E-state index in [1.54, 1.807) is 42.5 Å². The number of amides is 1. The number of aryl methyl sites for hydroxylation is 1. The van der Waals surface area contributed by atoms with E-state index in [0.717, 1.165) is 5.56 Å². The van der Waals surface area contributed by atoms with E-state index in [1.165, 1.54) is 6.26 Å². The maximum atomic E-state index is 11.9. The summed E-state index contributed by atoms with van der Waals surface area (Å²) in [5, 5.41) is 23.6. The van der Waals surface area contributed by atoms with Crippen molar-refractivity contribution in [3.8, 4) is 12.1 Å². The number of nitrogens with zero attached hydrogens (tertiary/aromatic N) is 3. The first-order valence-corrected chi connectivity index (χ1v) is 6.23. The first-order chi connectivity index (χ1) is 10.6. The second kappa shape index (κ2) is 6.73. The van der Waals surface area contributed by atoms with Crippen LogP contribution in [-0.4, -0.2) is 11.6 Å². The summed E-state index contributed by atoms with van der Waals surface area (Å²) >= 11 is 0. The fraction of sp³-hybridized carbons (Fsp3) is 0.0667. The Kier molecular flexibility index (Phi) is 4.53. The largest absolute Gasteiger partial charge is 0.459 e. The molecule has 0 aliphatic heterocycles. The number of hydrogen-bond acceptors (Lipinski definition) is 6. The van der Waals surface area contributed by atoms with Crippen LogP contribution in [0.5, 0.6) is 0 Å². The smallest absolute Gasteiger partial charge is 0.291 e. The Balaban J connectivity index is 2.10. The molecule has 1 aromatic carbocycles. The van der Waals surface area contributed by atoms with E-state index in [4.69, 9.17) is 14.9 Å². The van der Waals surface area contributed by atoms with Crippen molar-refractivity contribution in [2.45, 2.75) is 6.92 Å². The summed E-state index contributed by atoms with van der Waals surface area (Å²) < 4.78 is 5.02. The molecule has 0 aliphatic rings. The molecule has 7 nitrogen and oxygen atoms in total. The number of hydrazone groups is 1. The maximum Gasteiger partial charge on any atom is 0.291 e. The molecular weight excluding hydrogens is 282 g/mol. The highest BCUT2D eigenvalue weighted by Gasteiger charge is 2.10. The average Bonchev–Trinajstić information content (AvgIpc) is 3.05. The summed E-state index contributed by atoms with van der Waals surface area (Å²) in [5.41, 5.74) is 4.34. The predicted octanol–water partition coefficient (Wildman–Crippen LogP) is 2.66. The molecule has 1 amide bonds. The molecule has 7 heteroatoms. The average molecular weight is 293 g/mol. The second-order valence-corrected chi connectivity index (χ2v) is 4.26. The summed E-state index contributed by atoms with van der Waals surface area (Å²) in [7, 11) is 0. The van der Waals surface area contributed by atoms with Gasteiger partial charge in [-0.25, -0.2) is 0 Å². The van der Waals surface area contributed by atoms with Crippen molar-refractivity contribution in [3.63, 3.8) is 0 Å². The maximum absolute atomic E-state index is 11.9. The number of carbonyl (C=O) groups is 1. The lowest BCUT2D eigenvalue weighted by Gasteiger charge is -2.09. The molecule has 0 aliphatic carbocycles. The van der Waals surface area contributed by atoms with Gasteiger partial charge in [-0.2, -0.15) is 15.6 Å². The van der Waals surface area contributed by atoms with Crippen molar-refractivity contribution < 1.29 is 9.21 Å². The van der Waals surface area contributed by atoms with Crippen molar-refractivity contribution >= 4 is 23.0 Å². The van der Waals surface area contributed by atoms with Gasteiger partial charge in [0.1, 0.15) is 12.1 Å². The topological polar surface area (TPSA) is 114 Å². The van der Waals surface area contributed by atoms with Crippen LogP contribution in [0.15, 0.2) is 46.1 Å². The number of nitriles is 2. The first-order valence-electron chi connectivity index (χ1n) is 6.23. The number of anilines is 2. The standard InChI is InChI=1S/C15H11N5O2/c1-10-7-11(19-20-12(8-16)9-17)4-5-13(10)18-15(21)14-3-2-6-22-14/h2-7,19H,1H3,(H,18,21). The highest BCUT2D eigenvalue weighted by atomic mass is 16.3. The normalized spacial score (nSPS) is 9.23. The van der Waals surface area contributed by atoms with Crippen molar-refractivity contribution in [1.82, 2.24) is 0 Å².